The number of carbonyl (C=O) groups excluding carboxylic acids is 3. The molecule has 0 bridgehead atoms. The van der Waals surface area contributed by atoms with Crippen LogP contribution in [0.3, 0.4) is 0 Å². The summed E-state index contributed by atoms with van der Waals surface area (Å²) < 4.78 is 13.2. The number of carbonyl (C=O) groups is 3. The highest BCUT2D eigenvalue weighted by atomic mass is 19.1. The van der Waals surface area contributed by atoms with Crippen LogP contribution in [0, 0.1) is 12.7 Å². The van der Waals surface area contributed by atoms with Crippen LogP contribution in [0.5, 0.6) is 0 Å². The number of amides is 4. The van der Waals surface area contributed by atoms with Gasteiger partial charge in [0.15, 0.2) is 0 Å². The second kappa shape index (κ2) is 7.21. The van der Waals surface area contributed by atoms with Crippen molar-refractivity contribution in [1.82, 2.24) is 15.1 Å². The monoisotopic (exact) mass is 321 g/mol. The highest BCUT2D eigenvalue weighted by Crippen LogP contribution is 2.10. The summed E-state index contributed by atoms with van der Waals surface area (Å²) in [5.74, 6) is -0.677. The fourth-order valence-corrected chi connectivity index (χ4v) is 2.39. The van der Waals surface area contributed by atoms with Gasteiger partial charge < -0.3 is 10.2 Å². The van der Waals surface area contributed by atoms with Gasteiger partial charge in [-0.05, 0) is 30.5 Å². The number of nitrogens with zero attached hydrogens (tertiary/aromatic N) is 2. The van der Waals surface area contributed by atoms with Gasteiger partial charge in [0, 0.05) is 26.6 Å². The first-order valence-corrected chi connectivity index (χ1v) is 7.45. The number of benzene rings is 1. The molecule has 1 heterocycles. The number of urea groups is 1. The van der Waals surface area contributed by atoms with Crippen molar-refractivity contribution in [2.75, 3.05) is 20.1 Å². The Bertz CT molecular complexity index is 633. The van der Waals surface area contributed by atoms with Crippen molar-refractivity contribution >= 4 is 17.8 Å². The first kappa shape index (κ1) is 16.9. The van der Waals surface area contributed by atoms with Crippen LogP contribution in [0.2, 0.25) is 0 Å². The second-order valence-electron chi connectivity index (χ2n) is 5.65. The summed E-state index contributed by atoms with van der Waals surface area (Å²) in [4.78, 5) is 37.5. The van der Waals surface area contributed by atoms with Gasteiger partial charge in [0.1, 0.15) is 12.4 Å². The van der Waals surface area contributed by atoms with E-state index in [2.05, 4.69) is 5.32 Å². The summed E-state index contributed by atoms with van der Waals surface area (Å²) in [7, 11) is 1.57. The molecule has 0 aromatic heterocycles. The summed E-state index contributed by atoms with van der Waals surface area (Å²) >= 11 is 0. The second-order valence-corrected chi connectivity index (χ2v) is 5.65. The average Bonchev–Trinajstić information content (AvgIpc) is 2.74. The van der Waals surface area contributed by atoms with Crippen LogP contribution in [-0.2, 0) is 16.1 Å². The van der Waals surface area contributed by atoms with Crippen LogP contribution in [0.4, 0.5) is 9.18 Å². The lowest BCUT2D eigenvalue weighted by Crippen LogP contribution is -2.33. The molecular formula is C16H20FN3O3. The molecule has 6 nitrogen and oxygen atoms in total. The molecule has 0 spiro atoms. The number of likely N-dealkylation sites (N-methyl/N-ethyl adjacent to an activating group) is 1. The van der Waals surface area contributed by atoms with E-state index in [-0.39, 0.29) is 43.2 Å². The van der Waals surface area contributed by atoms with Crippen molar-refractivity contribution in [3.05, 3.63) is 35.1 Å². The zero-order valence-corrected chi connectivity index (χ0v) is 13.3. The fourth-order valence-electron chi connectivity index (χ4n) is 2.39. The Labute approximate surface area is 134 Å². The van der Waals surface area contributed by atoms with E-state index in [1.54, 1.807) is 26.1 Å². The van der Waals surface area contributed by atoms with E-state index in [0.717, 1.165) is 10.5 Å². The van der Waals surface area contributed by atoms with Crippen LogP contribution >= 0.6 is 0 Å². The van der Waals surface area contributed by atoms with Gasteiger partial charge in [-0.15, -0.1) is 0 Å². The smallest absolute Gasteiger partial charge is 0.326 e. The van der Waals surface area contributed by atoms with E-state index < -0.39 is 0 Å². The fraction of sp³-hybridized carbons (Fsp3) is 0.438. The SMILES string of the molecule is Cc1cc(CNC(=O)CCCN2C(=O)CN(C)C2=O)ccc1F. The third-order valence-corrected chi connectivity index (χ3v) is 3.73. The van der Waals surface area contributed by atoms with Gasteiger partial charge in [0.05, 0.1) is 0 Å². The van der Waals surface area contributed by atoms with E-state index in [0.29, 0.717) is 18.5 Å². The number of hydrogen-bond donors (Lipinski definition) is 1. The minimum Gasteiger partial charge on any atom is -0.352 e. The van der Waals surface area contributed by atoms with Gasteiger partial charge in [-0.2, -0.15) is 0 Å². The number of hydrogen-bond acceptors (Lipinski definition) is 3. The Morgan fingerprint density at radius 3 is 2.70 bits per heavy atom. The first-order chi connectivity index (χ1) is 10.9. The zero-order valence-electron chi connectivity index (χ0n) is 13.3. The van der Waals surface area contributed by atoms with Crippen LogP contribution in [0.15, 0.2) is 18.2 Å². The number of nitrogens with one attached hydrogen (secondary N) is 1. The van der Waals surface area contributed by atoms with Gasteiger partial charge in [0.25, 0.3) is 0 Å². The van der Waals surface area contributed by atoms with Gasteiger partial charge in [-0.25, -0.2) is 9.18 Å². The van der Waals surface area contributed by atoms with Crippen molar-refractivity contribution < 1.29 is 18.8 Å². The van der Waals surface area contributed by atoms with Crippen molar-refractivity contribution in [2.24, 2.45) is 0 Å². The van der Waals surface area contributed by atoms with Crippen LogP contribution in [0.1, 0.15) is 24.0 Å². The molecule has 23 heavy (non-hydrogen) atoms. The van der Waals surface area contributed by atoms with Crippen LogP contribution < -0.4 is 5.32 Å². The Morgan fingerprint density at radius 2 is 2.09 bits per heavy atom. The standard InChI is InChI=1S/C16H20FN3O3/c1-11-8-12(5-6-13(11)17)9-18-14(21)4-3-7-20-15(22)10-19(2)16(20)23/h5-6,8H,3-4,7,9-10H2,1-2H3,(H,18,21). The quantitative estimate of drug-likeness (QED) is 0.806. The third kappa shape index (κ3) is 4.28. The third-order valence-electron chi connectivity index (χ3n) is 3.73. The lowest BCUT2D eigenvalue weighted by molar-refractivity contribution is -0.126. The maximum atomic E-state index is 13.2. The maximum absolute atomic E-state index is 13.2. The maximum Gasteiger partial charge on any atom is 0.326 e. The minimum atomic E-state index is -0.322. The largest absolute Gasteiger partial charge is 0.352 e. The van der Waals surface area contributed by atoms with Crippen molar-refractivity contribution in [3.8, 4) is 0 Å². The molecule has 0 atom stereocenters. The number of rotatable bonds is 6. The van der Waals surface area contributed by atoms with E-state index in [9.17, 15) is 18.8 Å². The predicted octanol–water partition coefficient (Wildman–Crippen LogP) is 1.42. The lowest BCUT2D eigenvalue weighted by Gasteiger charge is -2.13. The van der Waals surface area contributed by atoms with E-state index in [4.69, 9.17) is 0 Å². The van der Waals surface area contributed by atoms with Crippen LogP contribution in [0.25, 0.3) is 0 Å². The summed E-state index contributed by atoms with van der Waals surface area (Å²) in [5.41, 5.74) is 1.36. The predicted molar refractivity (Wildman–Crippen MR) is 82.0 cm³/mol. The summed E-state index contributed by atoms with van der Waals surface area (Å²) in [6.07, 6.45) is 0.639. The molecule has 0 unspecified atom stereocenters. The molecule has 1 saturated heterocycles. The molecule has 2 rings (SSSR count). The zero-order chi connectivity index (χ0) is 17.0. The highest BCUT2D eigenvalue weighted by molar-refractivity contribution is 6.01. The molecule has 0 aliphatic carbocycles. The molecule has 0 radical (unpaired) electrons. The van der Waals surface area contributed by atoms with Crippen LogP contribution in [-0.4, -0.2) is 47.8 Å². The number of imide groups is 1. The average molecular weight is 321 g/mol. The molecule has 0 saturated carbocycles. The lowest BCUT2D eigenvalue weighted by atomic mass is 10.1. The Kier molecular flexibility index (Phi) is 5.31. The van der Waals surface area contributed by atoms with Gasteiger partial charge in [-0.3, -0.25) is 14.5 Å². The van der Waals surface area contributed by atoms with Crippen molar-refractivity contribution in [2.45, 2.75) is 26.3 Å². The molecule has 1 fully saturated rings. The number of aryl methyl sites for hydroxylation is 1. The topological polar surface area (TPSA) is 69.7 Å². The van der Waals surface area contributed by atoms with Gasteiger partial charge >= 0.3 is 6.03 Å². The summed E-state index contributed by atoms with van der Waals surface area (Å²) in [6, 6.07) is 4.36. The minimum absolute atomic E-state index is 0.0922. The molecule has 4 amide bonds. The molecule has 1 aliphatic rings. The highest BCUT2D eigenvalue weighted by Gasteiger charge is 2.32. The van der Waals surface area contributed by atoms with Gasteiger partial charge in [0.2, 0.25) is 11.8 Å². The van der Waals surface area contributed by atoms with E-state index in [1.165, 1.54) is 11.0 Å². The molecule has 1 aliphatic heterocycles. The Hall–Kier alpha value is -2.44. The first-order valence-electron chi connectivity index (χ1n) is 7.45. The van der Waals surface area contributed by atoms with Gasteiger partial charge in [-0.1, -0.05) is 12.1 Å². The van der Waals surface area contributed by atoms with Crippen molar-refractivity contribution in [1.29, 1.82) is 0 Å². The molecule has 1 aromatic rings. The normalized spacial score (nSPS) is 14.6. The molecule has 7 heteroatoms. The molecule has 1 N–H and O–H groups in total. The molecular weight excluding hydrogens is 301 g/mol. The Morgan fingerprint density at radius 1 is 1.35 bits per heavy atom. The summed E-state index contributed by atoms with van der Waals surface area (Å²) in [6.45, 7) is 2.33. The Balaban J connectivity index is 1.72. The van der Waals surface area contributed by atoms with Crippen molar-refractivity contribution in [3.63, 3.8) is 0 Å². The summed E-state index contributed by atoms with van der Waals surface area (Å²) in [5, 5.41) is 2.74. The molecule has 124 valence electrons. The molecule has 1 aromatic carbocycles. The van der Waals surface area contributed by atoms with E-state index in [1.807, 2.05) is 0 Å². The number of halogens is 1. The van der Waals surface area contributed by atoms with E-state index >= 15 is 0 Å².